The smallest absolute Gasteiger partial charge is 0.338 e. The zero-order chi connectivity index (χ0) is 25.7. The van der Waals surface area contributed by atoms with Crippen molar-refractivity contribution >= 4 is 5.97 Å². The quantitative estimate of drug-likeness (QED) is 0.428. The lowest BCUT2D eigenvalue weighted by molar-refractivity contribution is 0.00701. The van der Waals surface area contributed by atoms with Crippen LogP contribution in [0.5, 0.6) is 34.5 Å². The molecule has 2 heterocycles. The third-order valence-corrected chi connectivity index (χ3v) is 7.48. The third-order valence-electron chi connectivity index (χ3n) is 7.48. The second-order valence-electron chi connectivity index (χ2n) is 9.52. The van der Waals surface area contributed by atoms with Gasteiger partial charge in [-0.2, -0.15) is 0 Å². The highest BCUT2D eigenvalue weighted by Gasteiger charge is 2.40. The predicted molar refractivity (Wildman–Crippen MR) is 134 cm³/mol. The fourth-order valence-electron chi connectivity index (χ4n) is 5.44. The molecule has 0 saturated carbocycles. The monoisotopic (exact) mass is 504 g/mol. The number of fused-ring (bicyclic) bond motifs is 5. The van der Waals surface area contributed by atoms with E-state index in [2.05, 4.69) is 13.8 Å². The fourth-order valence-corrected chi connectivity index (χ4v) is 5.44. The van der Waals surface area contributed by atoms with E-state index >= 15 is 0 Å². The number of benzene rings is 3. The maximum absolute atomic E-state index is 13.3. The molecule has 3 aromatic carbocycles. The largest absolute Gasteiger partial charge is 0.492 e. The van der Waals surface area contributed by atoms with Crippen LogP contribution in [0.15, 0.2) is 42.5 Å². The first-order valence-corrected chi connectivity index (χ1v) is 12.3. The number of hydrogen-bond donors (Lipinski definition) is 0. The molecule has 6 rings (SSSR count). The Bertz CT molecular complexity index is 1370. The van der Waals surface area contributed by atoms with Crippen LogP contribution in [0.25, 0.3) is 11.1 Å². The molecule has 0 aromatic heterocycles. The topological polar surface area (TPSA) is 81.7 Å². The number of rotatable bonds is 4. The molecule has 3 atom stereocenters. The molecule has 0 saturated heterocycles. The van der Waals surface area contributed by atoms with Gasteiger partial charge in [0.25, 0.3) is 0 Å². The van der Waals surface area contributed by atoms with Gasteiger partial charge >= 0.3 is 5.97 Å². The van der Waals surface area contributed by atoms with E-state index in [0.717, 1.165) is 22.3 Å². The van der Waals surface area contributed by atoms with Crippen molar-refractivity contribution in [2.75, 3.05) is 27.8 Å². The number of carbonyl (C=O) groups excluding carboxylic acids is 1. The number of carbonyl (C=O) groups is 1. The van der Waals surface area contributed by atoms with Crippen LogP contribution in [0.4, 0.5) is 0 Å². The molecule has 3 aliphatic rings. The minimum absolute atomic E-state index is 0.0407. The van der Waals surface area contributed by atoms with Gasteiger partial charge in [0.2, 0.25) is 25.1 Å². The van der Waals surface area contributed by atoms with Gasteiger partial charge in [-0.05, 0) is 42.2 Å². The van der Waals surface area contributed by atoms with Crippen molar-refractivity contribution in [3.05, 3.63) is 59.2 Å². The van der Waals surface area contributed by atoms with Crippen LogP contribution in [0.3, 0.4) is 0 Å². The van der Waals surface area contributed by atoms with Gasteiger partial charge in [0.05, 0.1) is 19.8 Å². The Morgan fingerprint density at radius 3 is 2.11 bits per heavy atom. The van der Waals surface area contributed by atoms with E-state index in [1.165, 1.54) is 0 Å². The molecular formula is C29H28O8. The zero-order valence-electron chi connectivity index (χ0n) is 21.2. The maximum atomic E-state index is 13.3. The minimum Gasteiger partial charge on any atom is -0.492 e. The van der Waals surface area contributed by atoms with Gasteiger partial charge < -0.3 is 33.2 Å². The van der Waals surface area contributed by atoms with Gasteiger partial charge in [-0.15, -0.1) is 0 Å². The first kappa shape index (κ1) is 23.3. The van der Waals surface area contributed by atoms with Crippen LogP contribution >= 0.6 is 0 Å². The fraction of sp³-hybridized carbons (Fsp3) is 0.345. The Morgan fingerprint density at radius 1 is 0.838 bits per heavy atom. The molecule has 0 radical (unpaired) electrons. The van der Waals surface area contributed by atoms with Gasteiger partial charge in [0, 0.05) is 22.6 Å². The summed E-state index contributed by atoms with van der Waals surface area (Å²) in [6.45, 7) is 4.44. The molecule has 192 valence electrons. The summed E-state index contributed by atoms with van der Waals surface area (Å²) >= 11 is 0. The molecule has 0 amide bonds. The lowest BCUT2D eigenvalue weighted by Crippen LogP contribution is -2.26. The highest BCUT2D eigenvalue weighted by molar-refractivity contribution is 5.91. The molecule has 3 aromatic rings. The molecule has 0 bridgehead atoms. The van der Waals surface area contributed by atoms with Crippen molar-refractivity contribution in [2.45, 2.75) is 26.4 Å². The van der Waals surface area contributed by atoms with Crippen LogP contribution in [0.2, 0.25) is 0 Å². The summed E-state index contributed by atoms with van der Waals surface area (Å²) < 4.78 is 41.3. The summed E-state index contributed by atoms with van der Waals surface area (Å²) in [5, 5.41) is 0. The Balaban J connectivity index is 1.63. The second-order valence-corrected chi connectivity index (χ2v) is 9.52. The number of ether oxygens (including phenoxy) is 7. The Morgan fingerprint density at radius 2 is 1.46 bits per heavy atom. The summed E-state index contributed by atoms with van der Waals surface area (Å²) in [5.74, 6) is 2.95. The highest BCUT2D eigenvalue weighted by Crippen LogP contribution is 2.59. The molecule has 8 nitrogen and oxygen atoms in total. The van der Waals surface area contributed by atoms with E-state index in [4.69, 9.17) is 33.2 Å². The normalized spacial score (nSPS) is 20.8. The first-order chi connectivity index (χ1) is 18.0. The molecule has 0 unspecified atom stereocenters. The Kier molecular flexibility index (Phi) is 5.74. The summed E-state index contributed by atoms with van der Waals surface area (Å²) in [5.41, 5.74) is 3.78. The van der Waals surface area contributed by atoms with E-state index in [1.807, 2.05) is 30.3 Å². The zero-order valence-corrected chi connectivity index (χ0v) is 21.2. The lowest BCUT2D eigenvalue weighted by atomic mass is 9.76. The average molecular weight is 505 g/mol. The summed E-state index contributed by atoms with van der Waals surface area (Å²) in [7, 11) is 3.20. The number of esters is 1. The van der Waals surface area contributed by atoms with E-state index < -0.39 is 12.1 Å². The maximum Gasteiger partial charge on any atom is 0.338 e. The molecule has 37 heavy (non-hydrogen) atoms. The van der Waals surface area contributed by atoms with E-state index in [9.17, 15) is 4.79 Å². The van der Waals surface area contributed by atoms with Crippen LogP contribution in [0, 0.1) is 11.8 Å². The van der Waals surface area contributed by atoms with Crippen molar-refractivity contribution < 1.29 is 38.0 Å². The van der Waals surface area contributed by atoms with Gasteiger partial charge in [-0.1, -0.05) is 32.0 Å². The molecule has 2 aliphatic heterocycles. The van der Waals surface area contributed by atoms with Crippen LogP contribution in [0.1, 0.15) is 41.4 Å². The van der Waals surface area contributed by atoms with Gasteiger partial charge in [0.1, 0.15) is 6.10 Å². The van der Waals surface area contributed by atoms with E-state index in [0.29, 0.717) is 46.5 Å². The number of methoxy groups -OCH3 is 2. The van der Waals surface area contributed by atoms with E-state index in [1.54, 1.807) is 26.4 Å². The Labute approximate surface area is 214 Å². The van der Waals surface area contributed by atoms with E-state index in [-0.39, 0.29) is 25.4 Å². The minimum atomic E-state index is -0.593. The van der Waals surface area contributed by atoms with Crippen molar-refractivity contribution in [3.8, 4) is 45.6 Å². The van der Waals surface area contributed by atoms with Crippen molar-refractivity contribution in [1.82, 2.24) is 0 Å². The van der Waals surface area contributed by atoms with Crippen molar-refractivity contribution in [2.24, 2.45) is 11.8 Å². The Hall–Kier alpha value is -4.07. The first-order valence-electron chi connectivity index (χ1n) is 12.3. The van der Waals surface area contributed by atoms with Crippen LogP contribution in [-0.2, 0) is 11.2 Å². The van der Waals surface area contributed by atoms with Crippen LogP contribution < -0.4 is 28.4 Å². The van der Waals surface area contributed by atoms with Gasteiger partial charge in [-0.25, -0.2) is 4.79 Å². The third kappa shape index (κ3) is 3.70. The summed E-state index contributed by atoms with van der Waals surface area (Å²) in [6, 6.07) is 12.9. The molecule has 1 aliphatic carbocycles. The number of hydrogen-bond acceptors (Lipinski definition) is 8. The lowest BCUT2D eigenvalue weighted by Gasteiger charge is -2.35. The molecule has 0 N–H and O–H groups in total. The van der Waals surface area contributed by atoms with Gasteiger partial charge in [-0.3, -0.25) is 0 Å². The average Bonchev–Trinajstić information content (AvgIpc) is 3.59. The summed E-state index contributed by atoms with van der Waals surface area (Å²) in [4.78, 5) is 13.3. The highest BCUT2D eigenvalue weighted by atomic mass is 16.7. The van der Waals surface area contributed by atoms with Crippen molar-refractivity contribution in [3.63, 3.8) is 0 Å². The van der Waals surface area contributed by atoms with Crippen molar-refractivity contribution in [1.29, 1.82) is 0 Å². The molecule has 8 heteroatoms. The second kappa shape index (κ2) is 9.10. The molecule has 0 fully saturated rings. The standard InChI is InChI=1S/C29H28O8/c1-15-10-18-11-20-25(35-13-33-20)27(31-3)22(18)23-19(12-21-26(28(23)32-4)36-14-34-21)24(16(15)2)37-29(30)17-8-6-5-7-9-17/h5-9,11-12,15-16,24H,10,13-14H2,1-4H3/t15-,16-,24-/m0/s1. The molecular weight excluding hydrogens is 476 g/mol. The SMILES string of the molecule is COc1c2c(cc3c1-c1c(cc4c(c1OC)OCO4)[C@@H](OC(=O)c1ccccc1)[C@@H](C)[C@@H](C)C3)OCO2. The summed E-state index contributed by atoms with van der Waals surface area (Å²) in [6.07, 6.45) is 0.101. The molecule has 0 spiro atoms. The van der Waals surface area contributed by atoms with Gasteiger partial charge in [0.15, 0.2) is 23.0 Å². The van der Waals surface area contributed by atoms with Crippen LogP contribution in [-0.4, -0.2) is 33.8 Å². The predicted octanol–water partition coefficient (Wildman–Crippen LogP) is 5.55.